The highest BCUT2D eigenvalue weighted by Crippen LogP contribution is 2.54. The quantitative estimate of drug-likeness (QED) is 0.889. The van der Waals surface area contributed by atoms with E-state index in [0.29, 0.717) is 0 Å². The zero-order valence-corrected chi connectivity index (χ0v) is 13.3. The van der Waals surface area contributed by atoms with Gasteiger partial charge in [0, 0.05) is 28.2 Å². The summed E-state index contributed by atoms with van der Waals surface area (Å²) in [7, 11) is 2.04. The number of fused-ring (bicyclic) bond motifs is 3. The molecule has 1 unspecified atom stereocenters. The molecule has 1 aliphatic heterocycles. The van der Waals surface area contributed by atoms with E-state index in [1.165, 1.54) is 5.56 Å². The van der Waals surface area contributed by atoms with Crippen molar-refractivity contribution in [3.05, 3.63) is 34.5 Å². The summed E-state index contributed by atoms with van der Waals surface area (Å²) in [5, 5.41) is 11.7. The minimum absolute atomic E-state index is 0.0753. The number of hydrogen-bond acceptors (Lipinski definition) is 2. The van der Waals surface area contributed by atoms with Crippen LogP contribution in [-0.2, 0) is 11.2 Å². The SMILES string of the molecule is CN1CCc2c([nH]c3ccc(Cl)cc23)C1C1(C(=O)O)CCC1. The summed E-state index contributed by atoms with van der Waals surface area (Å²) in [6.07, 6.45) is 3.44. The van der Waals surface area contributed by atoms with Gasteiger partial charge in [0.1, 0.15) is 0 Å². The molecule has 0 saturated heterocycles. The van der Waals surface area contributed by atoms with E-state index in [9.17, 15) is 9.90 Å². The van der Waals surface area contributed by atoms with Gasteiger partial charge in [-0.25, -0.2) is 0 Å². The third-order valence-electron chi connectivity index (χ3n) is 5.53. The number of hydrogen-bond donors (Lipinski definition) is 2. The molecule has 0 spiro atoms. The van der Waals surface area contributed by atoms with Crippen LogP contribution in [0.5, 0.6) is 0 Å². The smallest absolute Gasteiger partial charge is 0.311 e. The molecule has 2 aromatic rings. The van der Waals surface area contributed by atoms with E-state index in [4.69, 9.17) is 11.6 Å². The summed E-state index contributed by atoms with van der Waals surface area (Å²) in [4.78, 5) is 17.7. The third kappa shape index (κ3) is 1.77. The summed E-state index contributed by atoms with van der Waals surface area (Å²) in [6, 6.07) is 5.78. The normalized spacial score (nSPS) is 24.0. The predicted molar refractivity (Wildman–Crippen MR) is 86.3 cm³/mol. The molecule has 1 saturated carbocycles. The maximum atomic E-state index is 12.0. The number of nitrogens with one attached hydrogen (secondary N) is 1. The fourth-order valence-corrected chi connectivity index (χ4v) is 4.41. The second-order valence-corrected chi connectivity index (χ2v) is 7.09. The lowest BCUT2D eigenvalue weighted by Crippen LogP contribution is -2.51. The molecule has 2 aliphatic rings. The van der Waals surface area contributed by atoms with Gasteiger partial charge in [-0.15, -0.1) is 0 Å². The highest BCUT2D eigenvalue weighted by atomic mass is 35.5. The summed E-state index contributed by atoms with van der Waals surface area (Å²) in [6.45, 7) is 0.881. The van der Waals surface area contributed by atoms with E-state index in [2.05, 4.69) is 9.88 Å². The van der Waals surface area contributed by atoms with Gasteiger partial charge in [-0.05, 0) is 50.1 Å². The first-order chi connectivity index (χ1) is 10.5. The first-order valence-corrected chi connectivity index (χ1v) is 8.14. The molecule has 2 N–H and O–H groups in total. The molecular weight excluding hydrogens is 300 g/mol. The molecule has 116 valence electrons. The van der Waals surface area contributed by atoms with Crippen LogP contribution in [0.1, 0.15) is 36.6 Å². The molecule has 4 rings (SSSR count). The number of nitrogens with zero attached hydrogens (tertiary/aromatic N) is 1. The Bertz CT molecular complexity index is 763. The molecule has 22 heavy (non-hydrogen) atoms. The average molecular weight is 319 g/mol. The first-order valence-electron chi connectivity index (χ1n) is 7.76. The van der Waals surface area contributed by atoms with Crippen molar-refractivity contribution in [3.8, 4) is 0 Å². The van der Waals surface area contributed by atoms with E-state index >= 15 is 0 Å². The Hall–Kier alpha value is -1.52. The molecule has 0 bridgehead atoms. The van der Waals surface area contributed by atoms with Crippen LogP contribution >= 0.6 is 11.6 Å². The van der Waals surface area contributed by atoms with Gasteiger partial charge in [-0.3, -0.25) is 9.69 Å². The first kappa shape index (κ1) is 14.1. The minimum Gasteiger partial charge on any atom is -0.481 e. The lowest BCUT2D eigenvalue weighted by molar-refractivity contribution is -0.162. The molecule has 1 fully saturated rings. The van der Waals surface area contributed by atoms with Crippen LogP contribution in [0.2, 0.25) is 5.02 Å². The van der Waals surface area contributed by atoms with Crippen LogP contribution in [0.4, 0.5) is 0 Å². The van der Waals surface area contributed by atoms with E-state index in [0.717, 1.165) is 53.8 Å². The summed E-state index contributed by atoms with van der Waals surface area (Å²) >= 11 is 6.14. The monoisotopic (exact) mass is 318 g/mol. The van der Waals surface area contributed by atoms with Gasteiger partial charge in [0.2, 0.25) is 0 Å². The van der Waals surface area contributed by atoms with Crippen LogP contribution in [0.15, 0.2) is 18.2 Å². The van der Waals surface area contributed by atoms with Gasteiger partial charge in [0.15, 0.2) is 0 Å². The number of carboxylic acid groups (broad SMARTS) is 1. The van der Waals surface area contributed by atoms with Crippen molar-refractivity contribution in [1.82, 2.24) is 9.88 Å². The Kier molecular flexibility index (Phi) is 3.03. The molecule has 0 radical (unpaired) electrons. The van der Waals surface area contributed by atoms with Crippen LogP contribution in [0, 0.1) is 5.41 Å². The standard InChI is InChI=1S/C17H19ClN2O2/c1-20-8-5-11-12-9-10(18)3-4-13(12)19-14(11)15(20)17(16(21)22)6-2-7-17/h3-4,9,15,19H,2,5-8H2,1H3,(H,21,22). The maximum Gasteiger partial charge on any atom is 0.311 e. The molecule has 1 aromatic carbocycles. The lowest BCUT2D eigenvalue weighted by Gasteiger charge is -2.49. The fraction of sp³-hybridized carbons (Fsp3) is 0.471. The van der Waals surface area contributed by atoms with Crippen molar-refractivity contribution in [2.45, 2.75) is 31.7 Å². The third-order valence-corrected chi connectivity index (χ3v) is 5.76. The second-order valence-electron chi connectivity index (χ2n) is 6.66. The number of halogens is 1. The number of aliphatic carboxylic acids is 1. The zero-order chi connectivity index (χ0) is 15.5. The number of H-pyrrole nitrogens is 1. The van der Waals surface area contributed by atoms with Gasteiger partial charge in [0.25, 0.3) is 0 Å². The van der Waals surface area contributed by atoms with Gasteiger partial charge in [0.05, 0.1) is 11.5 Å². The number of carboxylic acids is 1. The summed E-state index contributed by atoms with van der Waals surface area (Å²) in [5.74, 6) is -0.667. The summed E-state index contributed by atoms with van der Waals surface area (Å²) < 4.78 is 0. The molecule has 4 nitrogen and oxygen atoms in total. The molecule has 1 aliphatic carbocycles. The average Bonchev–Trinajstić information content (AvgIpc) is 2.77. The topological polar surface area (TPSA) is 56.3 Å². The van der Waals surface area contributed by atoms with E-state index in [1.807, 2.05) is 25.2 Å². The lowest BCUT2D eigenvalue weighted by atomic mass is 9.61. The number of benzene rings is 1. The Balaban J connectivity index is 1.92. The van der Waals surface area contributed by atoms with Crippen LogP contribution in [-0.4, -0.2) is 34.6 Å². The number of carbonyl (C=O) groups is 1. The van der Waals surface area contributed by atoms with E-state index < -0.39 is 11.4 Å². The van der Waals surface area contributed by atoms with E-state index in [-0.39, 0.29) is 6.04 Å². The van der Waals surface area contributed by atoms with Gasteiger partial charge >= 0.3 is 5.97 Å². The largest absolute Gasteiger partial charge is 0.481 e. The number of likely N-dealkylation sites (N-methyl/N-ethyl adjacent to an activating group) is 1. The van der Waals surface area contributed by atoms with Crippen LogP contribution < -0.4 is 0 Å². The molecule has 0 amide bonds. The predicted octanol–water partition coefficient (Wildman–Crippen LogP) is 3.61. The van der Waals surface area contributed by atoms with Crippen molar-refractivity contribution in [1.29, 1.82) is 0 Å². The molecule has 1 aromatic heterocycles. The molecule has 1 atom stereocenters. The van der Waals surface area contributed by atoms with Crippen molar-refractivity contribution in [3.63, 3.8) is 0 Å². The van der Waals surface area contributed by atoms with E-state index in [1.54, 1.807) is 0 Å². The highest BCUT2D eigenvalue weighted by molar-refractivity contribution is 6.31. The Labute approximate surface area is 134 Å². The van der Waals surface area contributed by atoms with Crippen molar-refractivity contribution in [2.75, 3.05) is 13.6 Å². The van der Waals surface area contributed by atoms with Gasteiger partial charge in [-0.2, -0.15) is 0 Å². The molecule has 2 heterocycles. The second kappa shape index (κ2) is 4.74. The zero-order valence-electron chi connectivity index (χ0n) is 12.5. The van der Waals surface area contributed by atoms with Gasteiger partial charge < -0.3 is 10.1 Å². The van der Waals surface area contributed by atoms with Crippen molar-refractivity contribution in [2.24, 2.45) is 5.41 Å². The number of aromatic amines is 1. The van der Waals surface area contributed by atoms with Gasteiger partial charge in [-0.1, -0.05) is 18.0 Å². The van der Waals surface area contributed by atoms with Crippen molar-refractivity contribution < 1.29 is 9.90 Å². The number of rotatable bonds is 2. The summed E-state index contributed by atoms with van der Waals surface area (Å²) in [5.41, 5.74) is 2.73. The Morgan fingerprint density at radius 1 is 1.45 bits per heavy atom. The Morgan fingerprint density at radius 2 is 2.23 bits per heavy atom. The minimum atomic E-state index is -0.667. The van der Waals surface area contributed by atoms with Crippen LogP contribution in [0.25, 0.3) is 10.9 Å². The fourth-order valence-electron chi connectivity index (χ4n) is 4.24. The Morgan fingerprint density at radius 3 is 2.86 bits per heavy atom. The number of aromatic nitrogens is 1. The van der Waals surface area contributed by atoms with Crippen LogP contribution in [0.3, 0.4) is 0 Å². The molecule has 5 heteroatoms. The van der Waals surface area contributed by atoms with Crippen molar-refractivity contribution >= 4 is 28.5 Å². The molecular formula is C17H19ClN2O2. The highest BCUT2D eigenvalue weighted by Gasteiger charge is 2.54. The maximum absolute atomic E-state index is 12.0.